The molecular formula is C16H17BrClNO. The summed E-state index contributed by atoms with van der Waals surface area (Å²) in [6, 6.07) is 13.4. The lowest BCUT2D eigenvalue weighted by molar-refractivity contribution is 0.179. The molecule has 2 aromatic carbocycles. The summed E-state index contributed by atoms with van der Waals surface area (Å²) in [5, 5.41) is 0.665. The first-order valence-corrected chi connectivity index (χ1v) is 7.59. The predicted octanol–water partition coefficient (Wildman–Crippen LogP) is 4.88. The maximum atomic E-state index is 6.25. The number of hydrogen-bond donors (Lipinski definition) is 1. The first-order chi connectivity index (χ1) is 9.49. The van der Waals surface area contributed by atoms with Crippen molar-refractivity contribution >= 4 is 27.5 Å². The van der Waals surface area contributed by atoms with E-state index in [1.165, 1.54) is 5.56 Å². The third-order valence-corrected chi connectivity index (χ3v) is 3.99. The first-order valence-electron chi connectivity index (χ1n) is 6.42. The van der Waals surface area contributed by atoms with Gasteiger partial charge in [0.25, 0.3) is 0 Å². The zero-order valence-electron chi connectivity index (χ0n) is 11.4. The van der Waals surface area contributed by atoms with Gasteiger partial charge in [0.1, 0.15) is 11.9 Å². The zero-order chi connectivity index (χ0) is 14.7. The van der Waals surface area contributed by atoms with Crippen molar-refractivity contribution in [2.24, 2.45) is 5.73 Å². The molecule has 2 atom stereocenters. The third-order valence-electron chi connectivity index (χ3n) is 3.03. The van der Waals surface area contributed by atoms with Crippen molar-refractivity contribution in [1.82, 2.24) is 0 Å². The molecular weight excluding hydrogens is 338 g/mol. The summed E-state index contributed by atoms with van der Waals surface area (Å²) in [7, 11) is 0. The van der Waals surface area contributed by atoms with Gasteiger partial charge < -0.3 is 10.5 Å². The van der Waals surface area contributed by atoms with Crippen LogP contribution in [0.15, 0.2) is 46.9 Å². The van der Waals surface area contributed by atoms with Crippen LogP contribution in [0.25, 0.3) is 0 Å². The highest BCUT2D eigenvalue weighted by Gasteiger charge is 2.21. The molecule has 0 amide bonds. The van der Waals surface area contributed by atoms with Crippen LogP contribution in [-0.4, -0.2) is 6.04 Å². The maximum Gasteiger partial charge on any atom is 0.140 e. The number of aryl methyl sites for hydroxylation is 1. The summed E-state index contributed by atoms with van der Waals surface area (Å²) >= 11 is 9.76. The van der Waals surface area contributed by atoms with Gasteiger partial charge in [0, 0.05) is 16.6 Å². The highest BCUT2D eigenvalue weighted by Crippen LogP contribution is 2.33. The van der Waals surface area contributed by atoms with Crippen molar-refractivity contribution in [3.05, 3.63) is 63.1 Å². The summed E-state index contributed by atoms with van der Waals surface area (Å²) < 4.78 is 6.98. The number of hydrogen-bond acceptors (Lipinski definition) is 2. The molecule has 0 aliphatic heterocycles. The average Bonchev–Trinajstić information content (AvgIpc) is 2.39. The van der Waals surface area contributed by atoms with Crippen molar-refractivity contribution in [3.63, 3.8) is 0 Å². The Balaban J connectivity index is 2.33. The van der Waals surface area contributed by atoms with Crippen LogP contribution in [0.3, 0.4) is 0 Å². The Hall–Kier alpha value is -1.03. The minimum Gasteiger partial charge on any atom is -0.483 e. The number of benzene rings is 2. The Morgan fingerprint density at radius 1 is 1.20 bits per heavy atom. The quantitative estimate of drug-likeness (QED) is 0.849. The Kier molecular flexibility index (Phi) is 5.08. The van der Waals surface area contributed by atoms with Gasteiger partial charge in [-0.15, -0.1) is 0 Å². The Bertz CT molecular complexity index is 601. The highest BCUT2D eigenvalue weighted by atomic mass is 79.9. The summed E-state index contributed by atoms with van der Waals surface area (Å²) in [6.07, 6.45) is -0.289. The van der Waals surface area contributed by atoms with Crippen molar-refractivity contribution < 1.29 is 4.74 Å². The molecule has 0 bridgehead atoms. The smallest absolute Gasteiger partial charge is 0.140 e. The van der Waals surface area contributed by atoms with Gasteiger partial charge in [-0.25, -0.2) is 0 Å². The second-order valence-electron chi connectivity index (χ2n) is 4.85. The second-order valence-corrected chi connectivity index (χ2v) is 6.11. The number of nitrogens with two attached hydrogens (primary N) is 1. The lowest BCUT2D eigenvalue weighted by Gasteiger charge is -2.24. The van der Waals surface area contributed by atoms with E-state index in [0.29, 0.717) is 5.02 Å². The molecule has 2 N–H and O–H groups in total. The molecule has 0 spiro atoms. The van der Waals surface area contributed by atoms with Crippen molar-refractivity contribution in [3.8, 4) is 5.75 Å². The van der Waals surface area contributed by atoms with Gasteiger partial charge in [-0.2, -0.15) is 0 Å². The summed E-state index contributed by atoms with van der Waals surface area (Å²) in [4.78, 5) is 0. The van der Waals surface area contributed by atoms with Crippen LogP contribution in [0, 0.1) is 6.92 Å². The van der Waals surface area contributed by atoms with E-state index in [0.717, 1.165) is 15.8 Å². The van der Waals surface area contributed by atoms with Crippen molar-refractivity contribution in [2.75, 3.05) is 0 Å². The molecule has 0 aliphatic carbocycles. The van der Waals surface area contributed by atoms with E-state index in [1.54, 1.807) is 0 Å². The summed E-state index contributed by atoms with van der Waals surface area (Å²) in [5.74, 6) is 0.762. The maximum absolute atomic E-state index is 6.25. The van der Waals surface area contributed by atoms with Gasteiger partial charge in [0.2, 0.25) is 0 Å². The Morgan fingerprint density at radius 2 is 1.90 bits per heavy atom. The van der Waals surface area contributed by atoms with Crippen LogP contribution in [-0.2, 0) is 0 Å². The lowest BCUT2D eigenvalue weighted by Crippen LogP contribution is -2.29. The van der Waals surface area contributed by atoms with E-state index in [4.69, 9.17) is 22.1 Å². The summed E-state index contributed by atoms with van der Waals surface area (Å²) in [5.41, 5.74) is 8.13. The molecule has 2 rings (SSSR count). The van der Waals surface area contributed by atoms with Crippen molar-refractivity contribution in [2.45, 2.75) is 26.0 Å². The van der Waals surface area contributed by atoms with Gasteiger partial charge in [-0.1, -0.05) is 35.9 Å². The molecule has 0 aliphatic rings. The van der Waals surface area contributed by atoms with E-state index < -0.39 is 0 Å². The van der Waals surface area contributed by atoms with Gasteiger partial charge in [0.15, 0.2) is 0 Å². The van der Waals surface area contributed by atoms with E-state index in [9.17, 15) is 0 Å². The summed E-state index contributed by atoms with van der Waals surface area (Å²) in [6.45, 7) is 3.95. The van der Waals surface area contributed by atoms with E-state index in [1.807, 2.05) is 56.3 Å². The van der Waals surface area contributed by atoms with Crippen LogP contribution in [0.4, 0.5) is 0 Å². The van der Waals surface area contributed by atoms with Gasteiger partial charge in [-0.05, 0) is 53.5 Å². The monoisotopic (exact) mass is 353 g/mol. The van der Waals surface area contributed by atoms with Crippen molar-refractivity contribution in [1.29, 1.82) is 0 Å². The molecule has 0 heterocycles. The molecule has 4 heteroatoms. The van der Waals surface area contributed by atoms with E-state index >= 15 is 0 Å². The largest absolute Gasteiger partial charge is 0.483 e. The molecule has 0 fully saturated rings. The standard InChI is InChI=1S/C16H17BrClNO/c1-10-7-8-15(13(17)9-10)20-16(11(2)19)12-5-3-4-6-14(12)18/h3-9,11,16H,19H2,1-2H3. The molecule has 0 aromatic heterocycles. The minimum absolute atomic E-state index is 0.178. The highest BCUT2D eigenvalue weighted by molar-refractivity contribution is 9.10. The first kappa shape index (κ1) is 15.4. The van der Waals surface area contributed by atoms with E-state index in [-0.39, 0.29) is 12.1 Å². The lowest BCUT2D eigenvalue weighted by atomic mass is 10.0. The number of halogens is 2. The normalized spacial score (nSPS) is 13.8. The van der Waals surface area contributed by atoms with Crippen LogP contribution in [0.2, 0.25) is 5.02 Å². The third kappa shape index (κ3) is 3.54. The Morgan fingerprint density at radius 3 is 2.50 bits per heavy atom. The molecule has 20 heavy (non-hydrogen) atoms. The fourth-order valence-electron chi connectivity index (χ4n) is 2.00. The Labute approximate surface area is 133 Å². The molecule has 2 unspecified atom stereocenters. The molecule has 2 aromatic rings. The minimum atomic E-state index is -0.289. The molecule has 106 valence electrons. The number of rotatable bonds is 4. The van der Waals surface area contributed by atoms with Crippen LogP contribution < -0.4 is 10.5 Å². The topological polar surface area (TPSA) is 35.2 Å². The van der Waals surface area contributed by atoms with Gasteiger partial charge in [-0.3, -0.25) is 0 Å². The van der Waals surface area contributed by atoms with Crippen LogP contribution in [0.1, 0.15) is 24.2 Å². The number of ether oxygens (including phenoxy) is 1. The van der Waals surface area contributed by atoms with Gasteiger partial charge in [0.05, 0.1) is 4.47 Å². The molecule has 2 nitrogen and oxygen atoms in total. The average molecular weight is 355 g/mol. The van der Waals surface area contributed by atoms with E-state index in [2.05, 4.69) is 15.9 Å². The van der Waals surface area contributed by atoms with Crippen LogP contribution >= 0.6 is 27.5 Å². The zero-order valence-corrected chi connectivity index (χ0v) is 13.8. The predicted molar refractivity (Wildman–Crippen MR) is 87.3 cm³/mol. The SMILES string of the molecule is Cc1ccc(OC(c2ccccc2Cl)C(C)N)c(Br)c1. The molecule has 0 saturated carbocycles. The van der Waals surface area contributed by atoms with Gasteiger partial charge >= 0.3 is 0 Å². The van der Waals surface area contributed by atoms with Crippen LogP contribution in [0.5, 0.6) is 5.75 Å². The second kappa shape index (κ2) is 6.61. The molecule has 0 saturated heterocycles. The molecule has 0 radical (unpaired) electrons. The fraction of sp³-hybridized carbons (Fsp3) is 0.250. The fourth-order valence-corrected chi connectivity index (χ4v) is 2.83.